The number of carboxylic acids is 1. The Bertz CT molecular complexity index is 591. The Kier molecular flexibility index (Phi) is 4.57. The predicted octanol–water partition coefficient (Wildman–Crippen LogP) is 2.40. The lowest BCUT2D eigenvalue weighted by molar-refractivity contribution is 0.0696. The number of carbonyl (C=O) groups is 1. The third-order valence-corrected chi connectivity index (χ3v) is 4.38. The number of rotatable bonds is 5. The lowest BCUT2D eigenvalue weighted by atomic mass is 10.0. The fraction of sp³-hybridized carbons (Fsp3) is 0.462. The maximum Gasteiger partial charge on any atom is 0.336 e. The number of aromatic carboxylic acids is 1. The molecule has 0 amide bonds. The van der Waals surface area contributed by atoms with E-state index in [0.29, 0.717) is 11.3 Å². The van der Waals surface area contributed by atoms with Gasteiger partial charge in [-0.1, -0.05) is 13.8 Å². The van der Waals surface area contributed by atoms with E-state index in [1.807, 2.05) is 13.8 Å². The van der Waals surface area contributed by atoms with E-state index in [1.54, 1.807) is 19.9 Å². The molecule has 5 nitrogen and oxygen atoms in total. The molecule has 0 fully saturated rings. The minimum atomic E-state index is -3.45. The van der Waals surface area contributed by atoms with Crippen LogP contribution >= 0.6 is 0 Å². The van der Waals surface area contributed by atoms with Crippen molar-refractivity contribution in [3.05, 3.63) is 28.8 Å². The Labute approximate surface area is 113 Å². The number of benzene rings is 1. The number of hydrogen-bond donors (Lipinski definition) is 2. The van der Waals surface area contributed by atoms with Crippen LogP contribution in [0.4, 0.5) is 5.69 Å². The molecular formula is C13H19NO4S. The molecule has 0 aliphatic carbocycles. The molecule has 0 saturated heterocycles. The van der Waals surface area contributed by atoms with Gasteiger partial charge in [-0.2, -0.15) is 0 Å². The summed E-state index contributed by atoms with van der Waals surface area (Å²) in [5, 5.41) is 9.08. The van der Waals surface area contributed by atoms with Gasteiger partial charge in [0.05, 0.1) is 11.3 Å². The van der Waals surface area contributed by atoms with Crippen LogP contribution in [0.15, 0.2) is 12.1 Å². The van der Waals surface area contributed by atoms with Crippen molar-refractivity contribution in [1.29, 1.82) is 0 Å². The third kappa shape index (κ3) is 4.24. The standard InChI is InChI=1S/C13H19NO4S/c1-8(2)7-19(17,18)14-11-5-9(3)10(4)12(6-11)13(15)16/h5-6,8,14H,7H2,1-4H3,(H,15,16). The second-order valence-electron chi connectivity index (χ2n) is 5.05. The van der Waals surface area contributed by atoms with Crippen LogP contribution in [-0.2, 0) is 10.0 Å². The first-order valence-electron chi connectivity index (χ1n) is 5.97. The SMILES string of the molecule is Cc1cc(NS(=O)(=O)CC(C)C)cc(C(=O)O)c1C. The summed E-state index contributed by atoms with van der Waals surface area (Å²) in [5.74, 6) is -1.06. The highest BCUT2D eigenvalue weighted by Gasteiger charge is 2.16. The molecule has 106 valence electrons. The van der Waals surface area contributed by atoms with Crippen LogP contribution in [0.3, 0.4) is 0 Å². The average Bonchev–Trinajstić information content (AvgIpc) is 2.19. The normalized spacial score (nSPS) is 11.6. The van der Waals surface area contributed by atoms with E-state index in [9.17, 15) is 13.2 Å². The fourth-order valence-corrected chi connectivity index (χ4v) is 3.24. The van der Waals surface area contributed by atoms with Gasteiger partial charge >= 0.3 is 5.97 Å². The molecule has 6 heteroatoms. The molecule has 0 unspecified atom stereocenters. The van der Waals surface area contributed by atoms with E-state index in [1.165, 1.54) is 6.07 Å². The summed E-state index contributed by atoms with van der Waals surface area (Å²) in [7, 11) is -3.45. The summed E-state index contributed by atoms with van der Waals surface area (Å²) in [6.45, 7) is 7.07. The second kappa shape index (κ2) is 5.61. The molecular weight excluding hydrogens is 266 g/mol. The van der Waals surface area contributed by atoms with Crippen molar-refractivity contribution in [3.8, 4) is 0 Å². The summed E-state index contributed by atoms with van der Waals surface area (Å²) in [6.07, 6.45) is 0. The Hall–Kier alpha value is -1.56. The van der Waals surface area contributed by atoms with Gasteiger partial charge in [-0.15, -0.1) is 0 Å². The summed E-state index contributed by atoms with van der Waals surface area (Å²) in [6, 6.07) is 2.99. The van der Waals surface area contributed by atoms with Gasteiger partial charge in [0.25, 0.3) is 0 Å². The third-order valence-electron chi connectivity index (χ3n) is 2.72. The van der Waals surface area contributed by atoms with Crippen LogP contribution < -0.4 is 4.72 Å². The minimum Gasteiger partial charge on any atom is -0.478 e. The van der Waals surface area contributed by atoms with Crippen molar-refractivity contribution in [2.24, 2.45) is 5.92 Å². The molecule has 19 heavy (non-hydrogen) atoms. The number of aryl methyl sites for hydroxylation is 1. The molecule has 0 bridgehead atoms. The summed E-state index contributed by atoms with van der Waals surface area (Å²) in [4.78, 5) is 11.1. The quantitative estimate of drug-likeness (QED) is 0.870. The smallest absolute Gasteiger partial charge is 0.336 e. The highest BCUT2D eigenvalue weighted by Crippen LogP contribution is 2.21. The Morgan fingerprint density at radius 3 is 2.37 bits per heavy atom. The predicted molar refractivity (Wildman–Crippen MR) is 75.1 cm³/mol. The number of nitrogens with one attached hydrogen (secondary N) is 1. The lowest BCUT2D eigenvalue weighted by Gasteiger charge is -2.13. The molecule has 2 N–H and O–H groups in total. The highest BCUT2D eigenvalue weighted by atomic mass is 32.2. The number of carboxylic acid groups (broad SMARTS) is 1. The first kappa shape index (κ1) is 15.5. The topological polar surface area (TPSA) is 83.5 Å². The van der Waals surface area contributed by atoms with Crippen molar-refractivity contribution >= 4 is 21.7 Å². The maximum atomic E-state index is 11.8. The Morgan fingerprint density at radius 2 is 1.89 bits per heavy atom. The maximum absolute atomic E-state index is 11.8. The molecule has 0 saturated carbocycles. The van der Waals surface area contributed by atoms with E-state index in [0.717, 1.165) is 5.56 Å². The zero-order chi connectivity index (χ0) is 14.8. The van der Waals surface area contributed by atoms with Gasteiger partial charge < -0.3 is 5.11 Å². The van der Waals surface area contributed by atoms with Gasteiger partial charge in [0.15, 0.2) is 0 Å². The number of hydrogen-bond acceptors (Lipinski definition) is 3. The zero-order valence-electron chi connectivity index (χ0n) is 11.5. The molecule has 0 atom stereocenters. The van der Waals surface area contributed by atoms with Gasteiger partial charge in [-0.25, -0.2) is 13.2 Å². The van der Waals surface area contributed by atoms with E-state index in [4.69, 9.17) is 5.11 Å². The van der Waals surface area contributed by atoms with Crippen LogP contribution in [0.5, 0.6) is 0 Å². The van der Waals surface area contributed by atoms with Crippen molar-refractivity contribution in [3.63, 3.8) is 0 Å². The van der Waals surface area contributed by atoms with Crippen molar-refractivity contribution < 1.29 is 18.3 Å². The lowest BCUT2D eigenvalue weighted by Crippen LogP contribution is -2.20. The van der Waals surface area contributed by atoms with Gasteiger partial charge in [-0.3, -0.25) is 4.72 Å². The molecule has 0 spiro atoms. The van der Waals surface area contributed by atoms with Gasteiger partial charge in [0.1, 0.15) is 0 Å². The molecule has 0 aliphatic rings. The largest absolute Gasteiger partial charge is 0.478 e. The zero-order valence-corrected chi connectivity index (χ0v) is 12.3. The summed E-state index contributed by atoms with van der Waals surface area (Å²) in [5.41, 5.74) is 1.78. The van der Waals surface area contributed by atoms with E-state index in [2.05, 4.69) is 4.72 Å². The molecule has 1 rings (SSSR count). The van der Waals surface area contributed by atoms with E-state index < -0.39 is 16.0 Å². The van der Waals surface area contributed by atoms with Gasteiger partial charge in [-0.05, 0) is 43.0 Å². The number of sulfonamides is 1. The first-order chi connectivity index (χ1) is 8.62. The second-order valence-corrected chi connectivity index (χ2v) is 6.82. The average molecular weight is 285 g/mol. The molecule has 1 aromatic rings. The van der Waals surface area contributed by atoms with Crippen molar-refractivity contribution in [2.75, 3.05) is 10.5 Å². The van der Waals surface area contributed by atoms with Crippen LogP contribution in [0.25, 0.3) is 0 Å². The summed E-state index contributed by atoms with van der Waals surface area (Å²) >= 11 is 0. The molecule has 0 aliphatic heterocycles. The van der Waals surface area contributed by atoms with Crippen molar-refractivity contribution in [2.45, 2.75) is 27.7 Å². The molecule has 1 aromatic carbocycles. The van der Waals surface area contributed by atoms with E-state index >= 15 is 0 Å². The Balaban J connectivity index is 3.13. The van der Waals surface area contributed by atoms with Crippen molar-refractivity contribution in [1.82, 2.24) is 0 Å². The summed E-state index contributed by atoms with van der Waals surface area (Å²) < 4.78 is 26.1. The molecule has 0 radical (unpaired) electrons. The van der Waals surface area contributed by atoms with Crippen LogP contribution in [0.2, 0.25) is 0 Å². The first-order valence-corrected chi connectivity index (χ1v) is 7.62. The van der Waals surface area contributed by atoms with Crippen LogP contribution in [-0.4, -0.2) is 25.2 Å². The molecule has 0 aromatic heterocycles. The Morgan fingerprint density at radius 1 is 1.32 bits per heavy atom. The van der Waals surface area contributed by atoms with E-state index in [-0.39, 0.29) is 17.2 Å². The van der Waals surface area contributed by atoms with Gasteiger partial charge in [0, 0.05) is 5.69 Å². The monoisotopic (exact) mass is 285 g/mol. The highest BCUT2D eigenvalue weighted by molar-refractivity contribution is 7.92. The van der Waals surface area contributed by atoms with Crippen LogP contribution in [0, 0.1) is 19.8 Å². The minimum absolute atomic E-state index is 0.00231. The van der Waals surface area contributed by atoms with Crippen LogP contribution in [0.1, 0.15) is 35.3 Å². The number of anilines is 1. The molecule has 0 heterocycles. The fourth-order valence-electron chi connectivity index (χ4n) is 1.80. The van der Waals surface area contributed by atoms with Gasteiger partial charge in [0.2, 0.25) is 10.0 Å².